The van der Waals surface area contributed by atoms with Crippen LogP contribution in [0.2, 0.25) is 0 Å². The van der Waals surface area contributed by atoms with Crippen molar-refractivity contribution in [1.29, 1.82) is 0 Å². The average Bonchev–Trinajstić information content (AvgIpc) is 3.21. The fraction of sp³-hybridized carbons (Fsp3) is 0.250. The maximum Gasteiger partial charge on any atom is 0.274 e. The number of hydrogen-bond donors (Lipinski definition) is 0. The lowest BCUT2D eigenvalue weighted by atomic mass is 10.1. The molecule has 1 aliphatic heterocycles. The Morgan fingerprint density at radius 1 is 1.11 bits per heavy atom. The molecule has 1 aromatic heterocycles. The number of pyridine rings is 1. The van der Waals surface area contributed by atoms with Crippen molar-refractivity contribution in [2.24, 2.45) is 0 Å². The number of benzene rings is 1. The molecule has 0 N–H and O–H groups in total. The van der Waals surface area contributed by atoms with E-state index in [-0.39, 0.29) is 11.8 Å². The van der Waals surface area contributed by atoms with Crippen LogP contribution < -0.4 is 9.47 Å². The van der Waals surface area contributed by atoms with Crippen molar-refractivity contribution in [3.8, 4) is 11.5 Å². The Morgan fingerprint density at radius 2 is 1.93 bits per heavy atom. The molecule has 0 aliphatic carbocycles. The molecule has 0 radical (unpaired) electrons. The number of rotatable bonds is 5. The van der Waals surface area contributed by atoms with E-state index in [1.807, 2.05) is 0 Å². The summed E-state index contributed by atoms with van der Waals surface area (Å²) in [5.74, 6) is 0.790. The normalized spacial score (nSPS) is 13.9. The molecule has 1 saturated heterocycles. The molecule has 7 nitrogen and oxygen atoms in total. The average molecular weight is 367 g/mol. The first-order chi connectivity index (χ1) is 13.1. The quantitative estimate of drug-likeness (QED) is 0.759. The lowest BCUT2D eigenvalue weighted by Crippen LogP contribution is -2.44. The van der Waals surface area contributed by atoms with E-state index in [2.05, 4.69) is 4.98 Å². The van der Waals surface area contributed by atoms with Gasteiger partial charge in [-0.25, -0.2) is 10.0 Å². The van der Waals surface area contributed by atoms with Crippen molar-refractivity contribution in [1.82, 2.24) is 15.0 Å². The van der Waals surface area contributed by atoms with Gasteiger partial charge in [0.25, 0.3) is 11.8 Å². The van der Waals surface area contributed by atoms with Crippen LogP contribution in [0.15, 0.2) is 48.8 Å². The number of carbonyl (C=O) groups excluding carboxylic acids is 2. The van der Waals surface area contributed by atoms with Crippen LogP contribution in [0.3, 0.4) is 0 Å². The lowest BCUT2D eigenvalue weighted by Gasteiger charge is -2.26. The number of nitrogens with zero attached hydrogens (tertiary/aromatic N) is 3. The zero-order valence-corrected chi connectivity index (χ0v) is 15.3. The molecular formula is C20H21N3O4. The largest absolute Gasteiger partial charge is 0.497 e. The molecule has 27 heavy (non-hydrogen) atoms. The van der Waals surface area contributed by atoms with Crippen molar-refractivity contribution in [2.45, 2.75) is 6.42 Å². The summed E-state index contributed by atoms with van der Waals surface area (Å²) in [6.07, 6.45) is 6.93. The van der Waals surface area contributed by atoms with E-state index in [0.717, 1.165) is 12.0 Å². The SMILES string of the molecule is COc1ccc(OC)c(C=CC(=O)N2CCCN2C(=O)c2cccnc2)c1. The van der Waals surface area contributed by atoms with Gasteiger partial charge in [-0.1, -0.05) is 0 Å². The van der Waals surface area contributed by atoms with Crippen molar-refractivity contribution in [3.63, 3.8) is 0 Å². The molecule has 1 aliphatic rings. The predicted molar refractivity (Wildman–Crippen MR) is 100 cm³/mol. The Balaban J connectivity index is 1.77. The molecule has 2 aromatic rings. The third-order valence-electron chi connectivity index (χ3n) is 4.27. The van der Waals surface area contributed by atoms with Crippen LogP contribution in [0, 0.1) is 0 Å². The van der Waals surface area contributed by atoms with E-state index in [4.69, 9.17) is 9.47 Å². The van der Waals surface area contributed by atoms with Crippen molar-refractivity contribution >= 4 is 17.9 Å². The first-order valence-electron chi connectivity index (χ1n) is 8.57. The second-order valence-corrected chi connectivity index (χ2v) is 5.93. The number of hydrogen-bond acceptors (Lipinski definition) is 5. The van der Waals surface area contributed by atoms with Gasteiger partial charge in [0.1, 0.15) is 11.5 Å². The third-order valence-corrected chi connectivity index (χ3v) is 4.27. The first kappa shape index (κ1) is 18.4. The Morgan fingerprint density at radius 3 is 2.63 bits per heavy atom. The number of carbonyl (C=O) groups is 2. The lowest BCUT2D eigenvalue weighted by molar-refractivity contribution is -0.134. The molecule has 0 saturated carbocycles. The van der Waals surface area contributed by atoms with Gasteiger partial charge in [-0.3, -0.25) is 14.6 Å². The second kappa shape index (κ2) is 8.35. The first-order valence-corrected chi connectivity index (χ1v) is 8.57. The fourth-order valence-electron chi connectivity index (χ4n) is 2.91. The van der Waals surface area contributed by atoms with E-state index in [0.29, 0.717) is 30.2 Å². The molecule has 2 amide bonds. The number of hydrazine groups is 1. The van der Waals surface area contributed by atoms with Gasteiger partial charge in [0.15, 0.2) is 0 Å². The topological polar surface area (TPSA) is 72.0 Å². The van der Waals surface area contributed by atoms with Gasteiger partial charge in [-0.05, 0) is 42.8 Å². The predicted octanol–water partition coefficient (Wildman–Crippen LogP) is 2.40. The standard InChI is InChI=1S/C20H21N3O4/c1-26-17-7-8-18(27-2)15(13-17)6-9-19(24)22-11-4-12-23(22)20(25)16-5-3-10-21-14-16/h3,5-10,13-14H,4,11-12H2,1-2H3. The number of methoxy groups -OCH3 is 2. The van der Waals surface area contributed by atoms with Crippen LogP contribution in [0.4, 0.5) is 0 Å². The van der Waals surface area contributed by atoms with Gasteiger partial charge in [0, 0.05) is 37.1 Å². The van der Waals surface area contributed by atoms with Crippen molar-refractivity contribution in [3.05, 3.63) is 59.9 Å². The Hall–Kier alpha value is -3.35. The van der Waals surface area contributed by atoms with Crippen LogP contribution in [0.5, 0.6) is 11.5 Å². The van der Waals surface area contributed by atoms with E-state index < -0.39 is 0 Å². The molecule has 2 heterocycles. The van der Waals surface area contributed by atoms with Gasteiger partial charge >= 0.3 is 0 Å². The molecule has 140 valence electrons. The monoisotopic (exact) mass is 367 g/mol. The summed E-state index contributed by atoms with van der Waals surface area (Å²) >= 11 is 0. The summed E-state index contributed by atoms with van der Waals surface area (Å²) in [6, 6.07) is 8.73. The summed E-state index contributed by atoms with van der Waals surface area (Å²) in [5.41, 5.74) is 1.17. The molecular weight excluding hydrogens is 346 g/mol. The van der Waals surface area contributed by atoms with E-state index >= 15 is 0 Å². The Labute approximate surface area is 157 Å². The molecule has 0 bridgehead atoms. The minimum absolute atomic E-state index is 0.235. The van der Waals surface area contributed by atoms with Crippen LogP contribution in [-0.4, -0.2) is 54.1 Å². The molecule has 0 atom stereocenters. The van der Waals surface area contributed by atoms with Gasteiger partial charge in [0.05, 0.1) is 19.8 Å². The third kappa shape index (κ3) is 4.08. The van der Waals surface area contributed by atoms with E-state index in [9.17, 15) is 9.59 Å². The number of amides is 2. The van der Waals surface area contributed by atoms with Crippen LogP contribution in [0.1, 0.15) is 22.3 Å². The molecule has 1 aromatic carbocycles. The van der Waals surface area contributed by atoms with E-state index in [1.165, 1.54) is 22.3 Å². The summed E-state index contributed by atoms with van der Waals surface area (Å²) in [5, 5.41) is 2.92. The molecule has 7 heteroatoms. The highest BCUT2D eigenvalue weighted by molar-refractivity contribution is 5.98. The highest BCUT2D eigenvalue weighted by Gasteiger charge is 2.30. The van der Waals surface area contributed by atoms with Gasteiger partial charge in [0.2, 0.25) is 0 Å². The van der Waals surface area contributed by atoms with Crippen molar-refractivity contribution in [2.75, 3.05) is 27.3 Å². The van der Waals surface area contributed by atoms with Crippen LogP contribution in [-0.2, 0) is 4.79 Å². The second-order valence-electron chi connectivity index (χ2n) is 5.93. The maximum atomic E-state index is 12.7. The Bertz CT molecular complexity index is 852. The van der Waals surface area contributed by atoms with Crippen LogP contribution >= 0.6 is 0 Å². The summed E-state index contributed by atoms with van der Waals surface area (Å²) < 4.78 is 10.5. The van der Waals surface area contributed by atoms with Crippen LogP contribution in [0.25, 0.3) is 6.08 Å². The summed E-state index contributed by atoms with van der Waals surface area (Å²) in [4.78, 5) is 29.3. The highest BCUT2D eigenvalue weighted by atomic mass is 16.5. The zero-order chi connectivity index (χ0) is 19.2. The smallest absolute Gasteiger partial charge is 0.274 e. The summed E-state index contributed by atoms with van der Waals surface area (Å²) in [7, 11) is 3.14. The summed E-state index contributed by atoms with van der Waals surface area (Å²) in [6.45, 7) is 0.986. The van der Waals surface area contributed by atoms with Crippen molar-refractivity contribution < 1.29 is 19.1 Å². The molecule has 0 spiro atoms. The fourth-order valence-corrected chi connectivity index (χ4v) is 2.91. The molecule has 3 rings (SSSR count). The van der Waals surface area contributed by atoms with Gasteiger partial charge in [-0.15, -0.1) is 0 Å². The van der Waals surface area contributed by atoms with Gasteiger partial charge in [-0.2, -0.15) is 0 Å². The Kier molecular flexibility index (Phi) is 5.71. The zero-order valence-electron chi connectivity index (χ0n) is 15.3. The van der Waals surface area contributed by atoms with E-state index in [1.54, 1.807) is 56.8 Å². The highest BCUT2D eigenvalue weighted by Crippen LogP contribution is 2.25. The molecule has 1 fully saturated rings. The number of aromatic nitrogens is 1. The minimum Gasteiger partial charge on any atom is -0.497 e. The number of ether oxygens (including phenoxy) is 2. The minimum atomic E-state index is -0.269. The van der Waals surface area contributed by atoms with Gasteiger partial charge < -0.3 is 9.47 Å². The molecule has 0 unspecified atom stereocenters. The maximum absolute atomic E-state index is 12.7.